The molecule has 1 unspecified atom stereocenters. The van der Waals surface area contributed by atoms with Gasteiger partial charge in [0.05, 0.1) is 11.5 Å². The predicted molar refractivity (Wildman–Crippen MR) is 134 cm³/mol. The van der Waals surface area contributed by atoms with Gasteiger partial charge in [-0.05, 0) is 94.0 Å². The van der Waals surface area contributed by atoms with Gasteiger partial charge in [0.25, 0.3) is 0 Å². The van der Waals surface area contributed by atoms with E-state index in [0.717, 1.165) is 46.5 Å². The van der Waals surface area contributed by atoms with E-state index in [2.05, 4.69) is 58.0 Å². The standard InChI is InChI=1S/C29H30ClNO2/c1-18-7-6-8-20(15-18)19(2)31-25-11-10-23(30)17-24(25)29(5,27(31)32)22-9-12-26-21(16-22)13-14-28(3,4)33-26/h6-12,15-17,19H,13-14H2,1-5H3/t19?,29-/m0/s1. The quantitative estimate of drug-likeness (QED) is 0.415. The minimum atomic E-state index is -0.819. The predicted octanol–water partition coefficient (Wildman–Crippen LogP) is 7.17. The van der Waals surface area contributed by atoms with Crippen LogP contribution in [-0.4, -0.2) is 11.5 Å². The van der Waals surface area contributed by atoms with Crippen LogP contribution >= 0.6 is 11.6 Å². The SMILES string of the molecule is Cc1cccc(C(C)N2C(=O)[C@@](C)(c3ccc4c(c3)CCC(C)(C)O4)c3cc(Cl)ccc32)c1. The smallest absolute Gasteiger partial charge is 0.242 e. The molecule has 0 saturated heterocycles. The van der Waals surface area contributed by atoms with E-state index in [1.165, 1.54) is 5.56 Å². The van der Waals surface area contributed by atoms with E-state index in [-0.39, 0.29) is 17.6 Å². The maximum absolute atomic E-state index is 14.2. The minimum absolute atomic E-state index is 0.0748. The van der Waals surface area contributed by atoms with Crippen molar-refractivity contribution in [1.82, 2.24) is 0 Å². The molecule has 2 aliphatic rings. The Balaban J connectivity index is 1.63. The number of halogens is 1. The highest BCUT2D eigenvalue weighted by Gasteiger charge is 2.50. The summed E-state index contributed by atoms with van der Waals surface area (Å²) in [4.78, 5) is 16.2. The van der Waals surface area contributed by atoms with Crippen molar-refractivity contribution >= 4 is 23.2 Å². The fraction of sp³-hybridized carbons (Fsp3) is 0.345. The summed E-state index contributed by atoms with van der Waals surface area (Å²) < 4.78 is 6.20. The van der Waals surface area contributed by atoms with Crippen LogP contribution in [0.2, 0.25) is 5.02 Å². The van der Waals surface area contributed by atoms with E-state index in [1.54, 1.807) is 0 Å². The number of carbonyl (C=O) groups is 1. The zero-order chi connectivity index (χ0) is 23.5. The Kier molecular flexibility index (Phi) is 5.10. The number of fused-ring (bicyclic) bond motifs is 2. The lowest BCUT2D eigenvalue weighted by Gasteiger charge is -2.34. The highest BCUT2D eigenvalue weighted by atomic mass is 35.5. The number of hydrogen-bond donors (Lipinski definition) is 0. The molecule has 0 spiro atoms. The molecule has 3 nitrogen and oxygen atoms in total. The zero-order valence-corrected chi connectivity index (χ0v) is 20.7. The molecule has 0 aromatic heterocycles. The van der Waals surface area contributed by atoms with E-state index in [4.69, 9.17) is 16.3 Å². The van der Waals surface area contributed by atoms with E-state index >= 15 is 0 Å². The third-order valence-electron chi connectivity index (χ3n) is 7.34. The van der Waals surface area contributed by atoms with Gasteiger partial charge in [-0.1, -0.05) is 53.6 Å². The molecule has 0 N–H and O–H groups in total. The second-order valence-electron chi connectivity index (χ2n) is 10.2. The topological polar surface area (TPSA) is 29.5 Å². The maximum Gasteiger partial charge on any atom is 0.242 e. The van der Waals surface area contributed by atoms with E-state index < -0.39 is 5.41 Å². The summed E-state index contributed by atoms with van der Waals surface area (Å²) in [6.07, 6.45) is 1.89. The molecule has 1 amide bonds. The second kappa shape index (κ2) is 7.63. The Labute approximate surface area is 201 Å². The fourth-order valence-electron chi connectivity index (χ4n) is 5.30. The Morgan fingerprint density at radius 2 is 1.82 bits per heavy atom. The lowest BCUT2D eigenvalue weighted by molar-refractivity contribution is -0.121. The zero-order valence-electron chi connectivity index (χ0n) is 19.9. The third-order valence-corrected chi connectivity index (χ3v) is 7.57. The number of hydrogen-bond acceptors (Lipinski definition) is 2. The first-order valence-electron chi connectivity index (χ1n) is 11.6. The summed E-state index contributed by atoms with van der Waals surface area (Å²) in [5.74, 6) is 0.992. The van der Waals surface area contributed by atoms with E-state index in [0.29, 0.717) is 5.02 Å². The van der Waals surface area contributed by atoms with Crippen LogP contribution in [0.3, 0.4) is 0 Å². The first kappa shape index (κ1) is 22.0. The summed E-state index contributed by atoms with van der Waals surface area (Å²) in [6.45, 7) is 10.4. The molecule has 5 rings (SSSR count). The van der Waals surface area contributed by atoms with Crippen LogP contribution in [0.1, 0.15) is 68.0 Å². The number of anilines is 1. The molecule has 170 valence electrons. The summed E-state index contributed by atoms with van der Waals surface area (Å²) in [5, 5.41) is 0.640. The molecule has 3 aromatic rings. The molecule has 4 heteroatoms. The molecule has 0 radical (unpaired) electrons. The minimum Gasteiger partial charge on any atom is -0.488 e. The molecule has 0 fully saturated rings. The first-order valence-corrected chi connectivity index (χ1v) is 12.0. The summed E-state index contributed by atoms with van der Waals surface area (Å²) in [5.41, 5.74) is 5.35. The van der Waals surface area contributed by atoms with Crippen LogP contribution in [0.5, 0.6) is 5.75 Å². The van der Waals surface area contributed by atoms with Crippen molar-refractivity contribution in [3.63, 3.8) is 0 Å². The number of ether oxygens (including phenoxy) is 1. The van der Waals surface area contributed by atoms with Crippen molar-refractivity contribution in [3.8, 4) is 5.75 Å². The van der Waals surface area contributed by atoms with Crippen molar-refractivity contribution in [2.24, 2.45) is 0 Å². The Morgan fingerprint density at radius 1 is 1.03 bits per heavy atom. The Morgan fingerprint density at radius 3 is 2.58 bits per heavy atom. The van der Waals surface area contributed by atoms with Crippen molar-refractivity contribution < 1.29 is 9.53 Å². The number of amides is 1. The monoisotopic (exact) mass is 459 g/mol. The maximum atomic E-state index is 14.2. The number of carbonyl (C=O) groups excluding carboxylic acids is 1. The van der Waals surface area contributed by atoms with Gasteiger partial charge in [-0.25, -0.2) is 0 Å². The molecule has 0 aliphatic carbocycles. The number of rotatable bonds is 3. The summed E-state index contributed by atoms with van der Waals surface area (Å²) in [7, 11) is 0. The lowest BCUT2D eigenvalue weighted by Crippen LogP contribution is -2.40. The average molecular weight is 460 g/mol. The molecule has 2 aliphatic heterocycles. The van der Waals surface area contributed by atoms with Gasteiger partial charge in [-0.3, -0.25) is 4.79 Å². The van der Waals surface area contributed by atoms with Gasteiger partial charge in [0.15, 0.2) is 0 Å². The van der Waals surface area contributed by atoms with Crippen LogP contribution in [0.15, 0.2) is 60.7 Å². The first-order chi connectivity index (χ1) is 15.6. The van der Waals surface area contributed by atoms with Crippen molar-refractivity contribution in [2.75, 3.05) is 4.90 Å². The molecule has 2 atom stereocenters. The number of nitrogens with zero attached hydrogens (tertiary/aromatic N) is 1. The number of aryl methyl sites for hydroxylation is 2. The summed E-state index contributed by atoms with van der Waals surface area (Å²) >= 11 is 6.45. The lowest BCUT2D eigenvalue weighted by atomic mass is 9.76. The van der Waals surface area contributed by atoms with Crippen LogP contribution < -0.4 is 9.64 Å². The van der Waals surface area contributed by atoms with Crippen LogP contribution in [0.25, 0.3) is 0 Å². The second-order valence-corrected chi connectivity index (χ2v) is 10.7. The van der Waals surface area contributed by atoms with E-state index in [1.807, 2.05) is 42.2 Å². The molecule has 0 bridgehead atoms. The molecule has 0 saturated carbocycles. The highest BCUT2D eigenvalue weighted by Crippen LogP contribution is 2.50. The summed E-state index contributed by atoms with van der Waals surface area (Å²) in [6, 6.07) is 20.3. The van der Waals surface area contributed by atoms with Gasteiger partial charge in [0.2, 0.25) is 5.91 Å². The van der Waals surface area contributed by atoms with Crippen molar-refractivity contribution in [2.45, 2.75) is 64.5 Å². The van der Waals surface area contributed by atoms with Crippen molar-refractivity contribution in [1.29, 1.82) is 0 Å². The normalized spacial score (nSPS) is 21.9. The van der Waals surface area contributed by atoms with Crippen LogP contribution in [0.4, 0.5) is 5.69 Å². The number of benzene rings is 3. The fourth-order valence-corrected chi connectivity index (χ4v) is 5.47. The largest absolute Gasteiger partial charge is 0.488 e. The van der Waals surface area contributed by atoms with Gasteiger partial charge >= 0.3 is 0 Å². The molecule has 3 aromatic carbocycles. The Bertz CT molecular complexity index is 1260. The molecule has 33 heavy (non-hydrogen) atoms. The van der Waals surface area contributed by atoms with E-state index in [9.17, 15) is 4.79 Å². The van der Waals surface area contributed by atoms with Gasteiger partial charge in [0.1, 0.15) is 11.4 Å². The molecular formula is C29H30ClNO2. The van der Waals surface area contributed by atoms with Crippen LogP contribution in [-0.2, 0) is 16.6 Å². The molecule has 2 heterocycles. The average Bonchev–Trinajstić information content (AvgIpc) is 3.00. The van der Waals surface area contributed by atoms with Gasteiger partial charge in [-0.15, -0.1) is 0 Å². The van der Waals surface area contributed by atoms with Gasteiger partial charge in [0, 0.05) is 10.7 Å². The van der Waals surface area contributed by atoms with Crippen LogP contribution in [0, 0.1) is 6.92 Å². The van der Waals surface area contributed by atoms with Gasteiger partial charge in [-0.2, -0.15) is 0 Å². The third kappa shape index (κ3) is 3.54. The molecular weight excluding hydrogens is 430 g/mol. The van der Waals surface area contributed by atoms with Crippen molar-refractivity contribution in [3.05, 3.63) is 93.5 Å². The van der Waals surface area contributed by atoms with Gasteiger partial charge < -0.3 is 9.64 Å². The Hall–Kier alpha value is -2.78. The highest BCUT2D eigenvalue weighted by molar-refractivity contribution is 6.31.